The molecule has 116 valence electrons. The second-order valence-electron chi connectivity index (χ2n) is 4.96. The lowest BCUT2D eigenvalue weighted by Crippen LogP contribution is -2.32. The number of aromatic nitrogens is 1. The normalized spacial score (nSPS) is 10.3. The lowest BCUT2D eigenvalue weighted by atomic mass is 10.1. The molecule has 0 aliphatic heterocycles. The van der Waals surface area contributed by atoms with E-state index in [1.54, 1.807) is 48.7 Å². The zero-order valence-electron chi connectivity index (χ0n) is 12.7. The van der Waals surface area contributed by atoms with Gasteiger partial charge in [-0.1, -0.05) is 6.07 Å². The number of carbonyl (C=O) groups excluding carboxylic acids is 1. The average Bonchev–Trinajstić information content (AvgIpc) is 2.59. The summed E-state index contributed by atoms with van der Waals surface area (Å²) in [6.45, 7) is 1.70. The van der Waals surface area contributed by atoms with Gasteiger partial charge in [-0.2, -0.15) is 0 Å². The van der Waals surface area contributed by atoms with E-state index in [9.17, 15) is 4.79 Å². The number of pyridine rings is 1. The third-order valence-corrected chi connectivity index (χ3v) is 3.35. The van der Waals surface area contributed by atoms with Crippen LogP contribution in [0.25, 0.3) is 0 Å². The Balaban J connectivity index is 2.14. The lowest BCUT2D eigenvalue weighted by Gasteiger charge is -2.22. The molecule has 0 fully saturated rings. The van der Waals surface area contributed by atoms with Crippen molar-refractivity contribution in [2.75, 3.05) is 20.2 Å². The molecule has 5 heteroatoms. The molecule has 0 radical (unpaired) electrons. The number of nitrogens with zero attached hydrogens (tertiary/aromatic N) is 2. The minimum Gasteiger partial charge on any atom is -0.497 e. The standard InChI is InChI=1S/C17H21N3O2/c1-22-16-7-5-15(6-8-16)17(21)20(11-3-9-18)13-14-4-2-10-19-12-14/h2,4-8,10,12H,3,9,11,13,18H2,1H3. The average molecular weight is 299 g/mol. The molecule has 0 atom stereocenters. The predicted molar refractivity (Wildman–Crippen MR) is 85.6 cm³/mol. The number of ether oxygens (including phenoxy) is 1. The molecule has 0 bridgehead atoms. The first kappa shape index (κ1) is 16.0. The highest BCUT2D eigenvalue weighted by atomic mass is 16.5. The van der Waals surface area contributed by atoms with Gasteiger partial charge in [0.25, 0.3) is 5.91 Å². The van der Waals surface area contributed by atoms with Crippen LogP contribution in [-0.4, -0.2) is 36.0 Å². The quantitative estimate of drug-likeness (QED) is 0.850. The molecular weight excluding hydrogens is 278 g/mol. The topological polar surface area (TPSA) is 68.5 Å². The Morgan fingerprint density at radius 3 is 2.64 bits per heavy atom. The summed E-state index contributed by atoms with van der Waals surface area (Å²) >= 11 is 0. The highest BCUT2D eigenvalue weighted by Crippen LogP contribution is 2.15. The van der Waals surface area contributed by atoms with Gasteiger partial charge in [0, 0.05) is 31.0 Å². The molecule has 0 unspecified atom stereocenters. The molecule has 0 aliphatic rings. The molecule has 5 nitrogen and oxygen atoms in total. The highest BCUT2D eigenvalue weighted by Gasteiger charge is 2.16. The Morgan fingerprint density at radius 2 is 2.05 bits per heavy atom. The number of rotatable bonds is 7. The van der Waals surface area contributed by atoms with Gasteiger partial charge in [-0.3, -0.25) is 9.78 Å². The van der Waals surface area contributed by atoms with E-state index < -0.39 is 0 Å². The molecule has 2 N–H and O–H groups in total. The summed E-state index contributed by atoms with van der Waals surface area (Å²) in [5.41, 5.74) is 7.22. The third kappa shape index (κ3) is 4.30. The molecule has 1 heterocycles. The first-order chi connectivity index (χ1) is 10.7. The summed E-state index contributed by atoms with van der Waals surface area (Å²) < 4.78 is 5.12. The van der Waals surface area contributed by atoms with Crippen LogP contribution in [0.4, 0.5) is 0 Å². The Morgan fingerprint density at radius 1 is 1.27 bits per heavy atom. The van der Waals surface area contributed by atoms with Gasteiger partial charge in [0.05, 0.1) is 7.11 Å². The molecule has 22 heavy (non-hydrogen) atoms. The third-order valence-electron chi connectivity index (χ3n) is 3.35. The summed E-state index contributed by atoms with van der Waals surface area (Å²) in [4.78, 5) is 18.6. The zero-order chi connectivity index (χ0) is 15.8. The first-order valence-corrected chi connectivity index (χ1v) is 7.27. The molecule has 1 aromatic carbocycles. The Bertz CT molecular complexity index is 585. The van der Waals surface area contributed by atoms with Crippen molar-refractivity contribution in [3.63, 3.8) is 0 Å². The summed E-state index contributed by atoms with van der Waals surface area (Å²) in [5, 5.41) is 0. The zero-order valence-corrected chi connectivity index (χ0v) is 12.7. The summed E-state index contributed by atoms with van der Waals surface area (Å²) in [5.74, 6) is 0.720. The molecule has 2 aromatic rings. The number of hydrogen-bond acceptors (Lipinski definition) is 4. The van der Waals surface area contributed by atoms with Crippen LogP contribution in [-0.2, 0) is 6.54 Å². The Hall–Kier alpha value is -2.40. The van der Waals surface area contributed by atoms with Crippen molar-refractivity contribution in [2.45, 2.75) is 13.0 Å². The highest BCUT2D eigenvalue weighted by molar-refractivity contribution is 5.94. The predicted octanol–water partition coefficient (Wildman–Crippen LogP) is 2.08. The molecule has 0 aliphatic carbocycles. The van der Waals surface area contributed by atoms with Crippen LogP contribution in [0.15, 0.2) is 48.8 Å². The van der Waals surface area contributed by atoms with Gasteiger partial charge in [-0.15, -0.1) is 0 Å². The maximum absolute atomic E-state index is 12.7. The lowest BCUT2D eigenvalue weighted by molar-refractivity contribution is 0.0742. The van der Waals surface area contributed by atoms with E-state index >= 15 is 0 Å². The molecule has 0 saturated carbocycles. The monoisotopic (exact) mass is 299 g/mol. The van der Waals surface area contributed by atoms with Crippen LogP contribution < -0.4 is 10.5 Å². The SMILES string of the molecule is COc1ccc(C(=O)N(CCCN)Cc2cccnc2)cc1. The van der Waals surface area contributed by atoms with E-state index in [0.29, 0.717) is 25.2 Å². The van der Waals surface area contributed by atoms with Gasteiger partial charge in [-0.25, -0.2) is 0 Å². The van der Waals surface area contributed by atoms with Crippen LogP contribution in [0.3, 0.4) is 0 Å². The molecular formula is C17H21N3O2. The van der Waals surface area contributed by atoms with Gasteiger partial charge >= 0.3 is 0 Å². The van der Waals surface area contributed by atoms with E-state index in [1.165, 1.54) is 0 Å². The van der Waals surface area contributed by atoms with Gasteiger partial charge in [0.1, 0.15) is 5.75 Å². The van der Waals surface area contributed by atoms with Gasteiger partial charge in [0.15, 0.2) is 0 Å². The molecule has 0 saturated heterocycles. The second-order valence-corrected chi connectivity index (χ2v) is 4.96. The van der Waals surface area contributed by atoms with Gasteiger partial charge in [0.2, 0.25) is 0 Å². The first-order valence-electron chi connectivity index (χ1n) is 7.27. The number of nitrogens with two attached hydrogens (primary N) is 1. The van der Waals surface area contributed by atoms with Crippen LogP contribution >= 0.6 is 0 Å². The smallest absolute Gasteiger partial charge is 0.254 e. The van der Waals surface area contributed by atoms with Crippen molar-refractivity contribution in [2.24, 2.45) is 5.73 Å². The van der Waals surface area contributed by atoms with Crippen LogP contribution in [0.2, 0.25) is 0 Å². The van der Waals surface area contributed by atoms with E-state index in [-0.39, 0.29) is 5.91 Å². The maximum Gasteiger partial charge on any atom is 0.254 e. The molecule has 1 aromatic heterocycles. The Labute approximate surface area is 130 Å². The fraction of sp³-hybridized carbons (Fsp3) is 0.294. The van der Waals surface area contributed by atoms with Crippen molar-refractivity contribution < 1.29 is 9.53 Å². The van der Waals surface area contributed by atoms with Crippen molar-refractivity contribution in [3.05, 3.63) is 59.9 Å². The fourth-order valence-electron chi connectivity index (χ4n) is 2.16. The minimum atomic E-state index is -0.0139. The van der Waals surface area contributed by atoms with E-state index in [2.05, 4.69) is 4.98 Å². The maximum atomic E-state index is 12.7. The second kappa shape index (κ2) is 8.14. The largest absolute Gasteiger partial charge is 0.497 e. The van der Waals surface area contributed by atoms with Crippen LogP contribution in [0.1, 0.15) is 22.3 Å². The van der Waals surface area contributed by atoms with E-state index in [1.807, 2.05) is 12.1 Å². The fourth-order valence-corrected chi connectivity index (χ4v) is 2.16. The summed E-state index contributed by atoms with van der Waals surface area (Å²) in [6, 6.07) is 11.0. The van der Waals surface area contributed by atoms with E-state index in [0.717, 1.165) is 17.7 Å². The van der Waals surface area contributed by atoms with Crippen molar-refractivity contribution in [1.82, 2.24) is 9.88 Å². The summed E-state index contributed by atoms with van der Waals surface area (Å²) in [7, 11) is 1.60. The number of amides is 1. The van der Waals surface area contributed by atoms with Gasteiger partial charge in [-0.05, 0) is 48.9 Å². The van der Waals surface area contributed by atoms with E-state index in [4.69, 9.17) is 10.5 Å². The van der Waals surface area contributed by atoms with Crippen molar-refractivity contribution in [3.8, 4) is 5.75 Å². The molecule has 2 rings (SSSR count). The Kier molecular flexibility index (Phi) is 5.91. The number of hydrogen-bond donors (Lipinski definition) is 1. The molecule has 0 spiro atoms. The molecule has 1 amide bonds. The van der Waals surface area contributed by atoms with Crippen molar-refractivity contribution in [1.29, 1.82) is 0 Å². The number of methoxy groups -OCH3 is 1. The minimum absolute atomic E-state index is 0.0139. The number of carbonyl (C=O) groups is 1. The van der Waals surface area contributed by atoms with Crippen LogP contribution in [0, 0.1) is 0 Å². The summed E-state index contributed by atoms with van der Waals surface area (Å²) in [6.07, 6.45) is 4.26. The van der Waals surface area contributed by atoms with Gasteiger partial charge < -0.3 is 15.4 Å². The van der Waals surface area contributed by atoms with Crippen LogP contribution in [0.5, 0.6) is 5.75 Å². The number of benzene rings is 1. The van der Waals surface area contributed by atoms with Crippen molar-refractivity contribution >= 4 is 5.91 Å².